The lowest BCUT2D eigenvalue weighted by Gasteiger charge is -2.38. The maximum Gasteiger partial charge on any atom is 0.303 e. The van der Waals surface area contributed by atoms with E-state index < -0.39 is 5.97 Å². The van der Waals surface area contributed by atoms with Gasteiger partial charge in [-0.05, 0) is 24.5 Å². The number of carbonyl (C=O) groups excluding carboxylic acids is 1. The molecule has 3 rings (SSSR count). The molecular weight excluding hydrogens is 242 g/mol. The molecule has 1 aliphatic heterocycles. The average molecular weight is 259 g/mol. The van der Waals surface area contributed by atoms with Gasteiger partial charge in [-0.1, -0.05) is 24.6 Å². The predicted molar refractivity (Wildman–Crippen MR) is 71.2 cm³/mol. The molecule has 2 aliphatic rings. The van der Waals surface area contributed by atoms with Crippen LogP contribution >= 0.6 is 0 Å². The first-order valence-corrected chi connectivity index (χ1v) is 6.74. The smallest absolute Gasteiger partial charge is 0.303 e. The van der Waals surface area contributed by atoms with Crippen molar-refractivity contribution < 1.29 is 14.7 Å². The number of fused-ring (bicyclic) bond motifs is 2. The average Bonchev–Trinajstić information content (AvgIpc) is 2.71. The zero-order valence-electron chi connectivity index (χ0n) is 10.8. The van der Waals surface area contributed by atoms with E-state index >= 15 is 0 Å². The molecule has 0 unspecified atom stereocenters. The van der Waals surface area contributed by atoms with Crippen molar-refractivity contribution in [3.05, 3.63) is 29.8 Å². The summed E-state index contributed by atoms with van der Waals surface area (Å²) in [5, 5.41) is 8.69. The van der Waals surface area contributed by atoms with Crippen LogP contribution in [0.4, 0.5) is 5.69 Å². The van der Waals surface area contributed by atoms with Gasteiger partial charge in [-0.2, -0.15) is 0 Å². The molecule has 1 saturated carbocycles. The van der Waals surface area contributed by atoms with Crippen molar-refractivity contribution in [1.82, 2.24) is 0 Å². The Hall–Kier alpha value is -1.84. The van der Waals surface area contributed by atoms with Gasteiger partial charge >= 0.3 is 5.97 Å². The monoisotopic (exact) mass is 259 g/mol. The molecule has 1 N–H and O–H groups in total. The summed E-state index contributed by atoms with van der Waals surface area (Å²) in [5.74, 6) is -0.988. The number of carboxylic acid groups (broad SMARTS) is 1. The third-order valence-electron chi connectivity index (χ3n) is 4.39. The van der Waals surface area contributed by atoms with E-state index in [0.717, 1.165) is 25.1 Å². The maximum absolute atomic E-state index is 12.2. The molecule has 0 bridgehead atoms. The molecule has 4 heteroatoms. The number of benzene rings is 1. The number of aliphatic carboxylic acids is 1. The zero-order chi connectivity index (χ0) is 13.5. The Kier molecular flexibility index (Phi) is 2.81. The first-order chi connectivity index (χ1) is 9.12. The van der Waals surface area contributed by atoms with E-state index in [2.05, 4.69) is 6.07 Å². The predicted octanol–water partition coefficient (Wildman–Crippen LogP) is 2.32. The van der Waals surface area contributed by atoms with Crippen LogP contribution in [0.1, 0.15) is 37.7 Å². The summed E-state index contributed by atoms with van der Waals surface area (Å²) in [6, 6.07) is 8.04. The lowest BCUT2D eigenvalue weighted by Crippen LogP contribution is -2.41. The third-order valence-corrected chi connectivity index (χ3v) is 4.39. The third kappa shape index (κ3) is 1.91. The van der Waals surface area contributed by atoms with E-state index in [1.54, 1.807) is 4.90 Å². The van der Waals surface area contributed by atoms with Crippen LogP contribution in [-0.2, 0) is 15.0 Å². The molecule has 0 atom stereocenters. The van der Waals surface area contributed by atoms with Crippen molar-refractivity contribution in [1.29, 1.82) is 0 Å². The molecule has 1 fully saturated rings. The van der Waals surface area contributed by atoms with Gasteiger partial charge in [-0.3, -0.25) is 9.59 Å². The van der Waals surface area contributed by atoms with Crippen LogP contribution in [0.3, 0.4) is 0 Å². The molecular formula is C15H17NO3. The van der Waals surface area contributed by atoms with Crippen molar-refractivity contribution in [3.63, 3.8) is 0 Å². The highest BCUT2D eigenvalue weighted by Crippen LogP contribution is 2.52. The van der Waals surface area contributed by atoms with Crippen molar-refractivity contribution >= 4 is 17.6 Å². The summed E-state index contributed by atoms with van der Waals surface area (Å²) < 4.78 is 0. The molecule has 1 aliphatic carbocycles. The van der Waals surface area contributed by atoms with E-state index in [4.69, 9.17) is 5.11 Å². The Morgan fingerprint density at radius 2 is 1.95 bits per heavy atom. The molecule has 1 heterocycles. The van der Waals surface area contributed by atoms with Crippen LogP contribution in [0, 0.1) is 0 Å². The summed E-state index contributed by atoms with van der Waals surface area (Å²) in [5.41, 5.74) is 2.40. The van der Waals surface area contributed by atoms with Crippen molar-refractivity contribution in [2.24, 2.45) is 0 Å². The summed E-state index contributed by atoms with van der Waals surface area (Å²) >= 11 is 0. The van der Waals surface area contributed by atoms with E-state index in [9.17, 15) is 9.59 Å². The van der Waals surface area contributed by atoms with Gasteiger partial charge < -0.3 is 10.0 Å². The molecule has 1 aromatic rings. The number of hydrogen-bond donors (Lipinski definition) is 1. The number of rotatable bonds is 3. The van der Waals surface area contributed by atoms with E-state index in [-0.39, 0.29) is 24.2 Å². The minimum Gasteiger partial charge on any atom is -0.481 e. The topological polar surface area (TPSA) is 57.6 Å². The Bertz CT molecular complexity index is 534. The van der Waals surface area contributed by atoms with Crippen LogP contribution < -0.4 is 4.90 Å². The number of nitrogens with zero attached hydrogens (tertiary/aromatic N) is 1. The van der Waals surface area contributed by atoms with Gasteiger partial charge in [0.25, 0.3) is 0 Å². The second-order valence-electron chi connectivity index (χ2n) is 5.52. The molecule has 1 amide bonds. The highest BCUT2D eigenvalue weighted by atomic mass is 16.4. The normalized spacial score (nSPS) is 19.1. The second-order valence-corrected chi connectivity index (χ2v) is 5.52. The summed E-state index contributed by atoms with van der Waals surface area (Å²) in [4.78, 5) is 24.6. The van der Waals surface area contributed by atoms with Crippen molar-refractivity contribution in [3.8, 4) is 0 Å². The standard InChI is InChI=1S/C15H17NO3/c17-13(6-7-14(18)19)16-10-15(8-3-9-15)11-4-1-2-5-12(11)16/h1-2,4-5H,3,6-10H2,(H,18,19). The number of amides is 1. The van der Waals surface area contributed by atoms with Gasteiger partial charge in [0, 0.05) is 24.1 Å². The fourth-order valence-corrected chi connectivity index (χ4v) is 3.23. The van der Waals surface area contributed by atoms with Crippen LogP contribution in [0.2, 0.25) is 0 Å². The van der Waals surface area contributed by atoms with E-state index in [0.29, 0.717) is 0 Å². The number of anilines is 1. The van der Waals surface area contributed by atoms with Crippen molar-refractivity contribution in [2.45, 2.75) is 37.5 Å². The highest BCUT2D eigenvalue weighted by Gasteiger charge is 2.47. The molecule has 1 aromatic carbocycles. The number of para-hydroxylation sites is 1. The minimum atomic E-state index is -0.917. The summed E-state index contributed by atoms with van der Waals surface area (Å²) in [7, 11) is 0. The van der Waals surface area contributed by atoms with Crippen LogP contribution in [-0.4, -0.2) is 23.5 Å². The molecule has 1 spiro atoms. The summed E-state index contributed by atoms with van der Waals surface area (Å²) in [6.07, 6.45) is 3.47. The van der Waals surface area contributed by atoms with Crippen LogP contribution in [0.15, 0.2) is 24.3 Å². The van der Waals surface area contributed by atoms with E-state index in [1.165, 1.54) is 12.0 Å². The zero-order valence-corrected chi connectivity index (χ0v) is 10.8. The molecule has 4 nitrogen and oxygen atoms in total. The fourth-order valence-electron chi connectivity index (χ4n) is 3.23. The molecule has 0 saturated heterocycles. The molecule has 19 heavy (non-hydrogen) atoms. The quantitative estimate of drug-likeness (QED) is 0.906. The Morgan fingerprint density at radius 1 is 1.21 bits per heavy atom. The van der Waals surface area contributed by atoms with E-state index in [1.807, 2.05) is 18.2 Å². The van der Waals surface area contributed by atoms with Crippen molar-refractivity contribution in [2.75, 3.05) is 11.4 Å². The van der Waals surface area contributed by atoms with Crippen LogP contribution in [0.5, 0.6) is 0 Å². The van der Waals surface area contributed by atoms with Gasteiger partial charge in [-0.15, -0.1) is 0 Å². The highest BCUT2D eigenvalue weighted by molar-refractivity contribution is 5.97. The van der Waals surface area contributed by atoms with Gasteiger partial charge in [0.15, 0.2) is 0 Å². The number of hydrogen-bond acceptors (Lipinski definition) is 2. The Morgan fingerprint density at radius 3 is 2.58 bits per heavy atom. The van der Waals surface area contributed by atoms with Gasteiger partial charge in [0.05, 0.1) is 6.42 Å². The molecule has 0 aromatic heterocycles. The number of carboxylic acids is 1. The lowest BCUT2D eigenvalue weighted by atomic mass is 9.66. The SMILES string of the molecule is O=C(O)CCC(=O)N1CC2(CCC2)c2ccccc21. The Balaban J connectivity index is 1.84. The minimum absolute atomic E-state index is 0.0707. The fraction of sp³-hybridized carbons (Fsp3) is 0.467. The first-order valence-electron chi connectivity index (χ1n) is 6.74. The lowest BCUT2D eigenvalue weighted by molar-refractivity contribution is -0.138. The Labute approximate surface area is 112 Å². The molecule has 100 valence electrons. The van der Waals surface area contributed by atoms with Gasteiger partial charge in [0.1, 0.15) is 0 Å². The van der Waals surface area contributed by atoms with Gasteiger partial charge in [0.2, 0.25) is 5.91 Å². The van der Waals surface area contributed by atoms with Gasteiger partial charge in [-0.25, -0.2) is 0 Å². The maximum atomic E-state index is 12.2. The molecule has 0 radical (unpaired) electrons. The number of carbonyl (C=O) groups is 2. The largest absolute Gasteiger partial charge is 0.481 e. The second kappa shape index (κ2) is 4.37. The summed E-state index contributed by atoms with van der Waals surface area (Å²) in [6.45, 7) is 0.727. The first kappa shape index (κ1) is 12.2. The van der Waals surface area contributed by atoms with Crippen LogP contribution in [0.25, 0.3) is 0 Å².